The van der Waals surface area contributed by atoms with Crippen LogP contribution in [0.3, 0.4) is 0 Å². The molecule has 0 radical (unpaired) electrons. The number of aryl methyl sites for hydroxylation is 1. The van der Waals surface area contributed by atoms with Gasteiger partial charge < -0.3 is 5.11 Å². The van der Waals surface area contributed by atoms with Crippen molar-refractivity contribution in [2.75, 3.05) is 19.7 Å². The van der Waals surface area contributed by atoms with Crippen molar-refractivity contribution in [2.45, 2.75) is 26.3 Å². The SMILES string of the molecule is Cc1cc(F)ccc1CN1CCC(CO)CC1. The van der Waals surface area contributed by atoms with E-state index >= 15 is 0 Å². The molecular weight excluding hydrogens is 217 g/mol. The second-order valence-electron chi connectivity index (χ2n) is 4.97. The number of halogens is 1. The summed E-state index contributed by atoms with van der Waals surface area (Å²) in [4.78, 5) is 2.38. The van der Waals surface area contributed by atoms with E-state index in [9.17, 15) is 4.39 Å². The van der Waals surface area contributed by atoms with E-state index < -0.39 is 0 Å². The van der Waals surface area contributed by atoms with Gasteiger partial charge in [0.25, 0.3) is 0 Å². The van der Waals surface area contributed by atoms with Crippen molar-refractivity contribution in [1.82, 2.24) is 4.90 Å². The summed E-state index contributed by atoms with van der Waals surface area (Å²) in [6, 6.07) is 5.00. The lowest BCUT2D eigenvalue weighted by Gasteiger charge is -2.31. The Hall–Kier alpha value is -0.930. The summed E-state index contributed by atoms with van der Waals surface area (Å²) in [5.74, 6) is 0.311. The van der Waals surface area contributed by atoms with Crippen LogP contribution in [0.5, 0.6) is 0 Å². The van der Waals surface area contributed by atoms with Gasteiger partial charge in [-0.15, -0.1) is 0 Å². The number of piperidine rings is 1. The summed E-state index contributed by atoms with van der Waals surface area (Å²) in [6.07, 6.45) is 2.13. The van der Waals surface area contributed by atoms with E-state index in [1.807, 2.05) is 13.0 Å². The minimum Gasteiger partial charge on any atom is -0.396 e. The minimum absolute atomic E-state index is 0.162. The highest BCUT2D eigenvalue weighted by Gasteiger charge is 2.18. The highest BCUT2D eigenvalue weighted by molar-refractivity contribution is 5.26. The van der Waals surface area contributed by atoms with Gasteiger partial charge in [0.15, 0.2) is 0 Å². The molecule has 1 aromatic rings. The molecule has 1 aliphatic heterocycles. The summed E-state index contributed by atoms with van der Waals surface area (Å²) in [6.45, 7) is 5.22. The van der Waals surface area contributed by atoms with Gasteiger partial charge >= 0.3 is 0 Å². The molecule has 1 fully saturated rings. The van der Waals surface area contributed by atoms with Crippen LogP contribution < -0.4 is 0 Å². The summed E-state index contributed by atoms with van der Waals surface area (Å²) in [7, 11) is 0. The Morgan fingerprint density at radius 3 is 2.65 bits per heavy atom. The Morgan fingerprint density at radius 2 is 2.06 bits per heavy atom. The molecular formula is C14H20FNO. The predicted octanol–water partition coefficient (Wildman–Crippen LogP) is 2.34. The van der Waals surface area contributed by atoms with Gasteiger partial charge in [0.2, 0.25) is 0 Å². The van der Waals surface area contributed by atoms with E-state index in [1.54, 1.807) is 6.07 Å². The Labute approximate surface area is 102 Å². The van der Waals surface area contributed by atoms with Gasteiger partial charge in [-0.05, 0) is 62.0 Å². The number of aliphatic hydroxyl groups is 1. The fourth-order valence-corrected chi connectivity index (χ4v) is 2.40. The zero-order valence-electron chi connectivity index (χ0n) is 10.3. The molecule has 1 N–H and O–H groups in total. The Balaban J connectivity index is 1.93. The number of likely N-dealkylation sites (tertiary alicyclic amines) is 1. The number of benzene rings is 1. The van der Waals surface area contributed by atoms with Crippen molar-refractivity contribution in [1.29, 1.82) is 0 Å². The van der Waals surface area contributed by atoms with Gasteiger partial charge in [0.05, 0.1) is 0 Å². The van der Waals surface area contributed by atoms with Crippen LogP contribution in [0.4, 0.5) is 4.39 Å². The predicted molar refractivity (Wildman–Crippen MR) is 66.2 cm³/mol. The molecule has 2 rings (SSSR count). The highest BCUT2D eigenvalue weighted by atomic mass is 19.1. The van der Waals surface area contributed by atoms with Crippen LogP contribution in [-0.2, 0) is 6.54 Å². The molecule has 2 nitrogen and oxygen atoms in total. The lowest BCUT2D eigenvalue weighted by molar-refractivity contribution is 0.127. The highest BCUT2D eigenvalue weighted by Crippen LogP contribution is 2.20. The lowest BCUT2D eigenvalue weighted by Crippen LogP contribution is -2.34. The summed E-state index contributed by atoms with van der Waals surface area (Å²) in [5.41, 5.74) is 2.23. The number of hydrogen-bond acceptors (Lipinski definition) is 2. The third-order valence-corrected chi connectivity index (χ3v) is 3.66. The molecule has 3 heteroatoms. The first-order chi connectivity index (χ1) is 8.19. The maximum Gasteiger partial charge on any atom is 0.123 e. The maximum absolute atomic E-state index is 13.0. The largest absolute Gasteiger partial charge is 0.396 e. The molecule has 94 valence electrons. The Morgan fingerprint density at radius 1 is 1.35 bits per heavy atom. The van der Waals surface area contributed by atoms with Crippen molar-refractivity contribution in [3.63, 3.8) is 0 Å². The van der Waals surface area contributed by atoms with Gasteiger partial charge in [0, 0.05) is 13.2 Å². The Bertz CT molecular complexity index is 372. The smallest absolute Gasteiger partial charge is 0.123 e. The minimum atomic E-state index is -0.162. The third kappa shape index (κ3) is 3.27. The van der Waals surface area contributed by atoms with Crippen LogP contribution in [0.1, 0.15) is 24.0 Å². The maximum atomic E-state index is 13.0. The monoisotopic (exact) mass is 237 g/mol. The molecule has 1 aliphatic rings. The second-order valence-corrected chi connectivity index (χ2v) is 4.97. The van der Waals surface area contributed by atoms with E-state index in [0.29, 0.717) is 12.5 Å². The number of hydrogen-bond donors (Lipinski definition) is 1. The van der Waals surface area contributed by atoms with E-state index in [2.05, 4.69) is 4.90 Å². The van der Waals surface area contributed by atoms with Crippen LogP contribution in [0.15, 0.2) is 18.2 Å². The van der Waals surface area contributed by atoms with Crippen LogP contribution in [0, 0.1) is 18.7 Å². The van der Waals surface area contributed by atoms with Crippen molar-refractivity contribution in [3.05, 3.63) is 35.1 Å². The summed E-state index contributed by atoms with van der Waals surface area (Å²) in [5, 5.41) is 9.08. The zero-order valence-corrected chi connectivity index (χ0v) is 10.3. The average Bonchev–Trinajstić information content (AvgIpc) is 2.34. The van der Waals surface area contributed by atoms with Crippen molar-refractivity contribution < 1.29 is 9.50 Å². The topological polar surface area (TPSA) is 23.5 Å². The lowest BCUT2D eigenvalue weighted by atomic mass is 9.97. The second kappa shape index (κ2) is 5.61. The summed E-state index contributed by atoms with van der Waals surface area (Å²) < 4.78 is 13.0. The molecule has 1 saturated heterocycles. The molecule has 0 saturated carbocycles. The van der Waals surface area contributed by atoms with E-state index in [4.69, 9.17) is 5.11 Å². The van der Waals surface area contributed by atoms with Crippen molar-refractivity contribution in [3.8, 4) is 0 Å². The molecule has 1 heterocycles. The molecule has 0 unspecified atom stereocenters. The molecule has 0 amide bonds. The van der Waals surface area contributed by atoms with E-state index in [-0.39, 0.29) is 5.82 Å². The van der Waals surface area contributed by atoms with Crippen LogP contribution >= 0.6 is 0 Å². The van der Waals surface area contributed by atoms with Crippen LogP contribution in [-0.4, -0.2) is 29.7 Å². The van der Waals surface area contributed by atoms with Crippen LogP contribution in [0.2, 0.25) is 0 Å². The zero-order chi connectivity index (χ0) is 12.3. The van der Waals surface area contributed by atoms with Crippen LogP contribution in [0.25, 0.3) is 0 Å². The van der Waals surface area contributed by atoms with Crippen molar-refractivity contribution >= 4 is 0 Å². The Kier molecular flexibility index (Phi) is 4.13. The summed E-state index contributed by atoms with van der Waals surface area (Å²) >= 11 is 0. The van der Waals surface area contributed by atoms with Gasteiger partial charge in [-0.3, -0.25) is 4.90 Å². The van der Waals surface area contributed by atoms with Gasteiger partial charge in [-0.25, -0.2) is 4.39 Å². The standard InChI is InChI=1S/C14H20FNO/c1-11-8-14(15)3-2-13(11)9-16-6-4-12(10-17)5-7-16/h2-3,8,12,17H,4-7,9-10H2,1H3. The molecule has 0 aliphatic carbocycles. The first-order valence-corrected chi connectivity index (χ1v) is 6.27. The van der Waals surface area contributed by atoms with Crippen molar-refractivity contribution in [2.24, 2.45) is 5.92 Å². The fraction of sp³-hybridized carbons (Fsp3) is 0.571. The number of nitrogens with zero attached hydrogens (tertiary/aromatic N) is 1. The number of aliphatic hydroxyl groups excluding tert-OH is 1. The van der Waals surface area contributed by atoms with Gasteiger partial charge in [-0.1, -0.05) is 6.07 Å². The van der Waals surface area contributed by atoms with E-state index in [0.717, 1.165) is 38.0 Å². The van der Waals surface area contributed by atoms with Gasteiger partial charge in [0.1, 0.15) is 5.82 Å². The third-order valence-electron chi connectivity index (χ3n) is 3.66. The molecule has 0 spiro atoms. The van der Waals surface area contributed by atoms with Gasteiger partial charge in [-0.2, -0.15) is 0 Å². The molecule has 0 atom stereocenters. The molecule has 0 bridgehead atoms. The molecule has 0 aromatic heterocycles. The first kappa shape index (κ1) is 12.5. The molecule has 1 aromatic carbocycles. The quantitative estimate of drug-likeness (QED) is 0.872. The molecule has 17 heavy (non-hydrogen) atoms. The fourth-order valence-electron chi connectivity index (χ4n) is 2.40. The first-order valence-electron chi connectivity index (χ1n) is 6.27. The van der Waals surface area contributed by atoms with E-state index in [1.165, 1.54) is 11.6 Å². The number of rotatable bonds is 3. The normalized spacial score (nSPS) is 18.5. The average molecular weight is 237 g/mol.